The summed E-state index contributed by atoms with van der Waals surface area (Å²) in [5.41, 5.74) is 2.52. The molecule has 3 nitrogen and oxygen atoms in total. The van der Waals surface area contributed by atoms with Gasteiger partial charge in [-0.3, -0.25) is 9.59 Å². The summed E-state index contributed by atoms with van der Waals surface area (Å²) in [6, 6.07) is 8.30. The lowest BCUT2D eigenvalue weighted by Gasteiger charge is -2.72. The molecule has 5 fully saturated rings. The van der Waals surface area contributed by atoms with Crippen molar-refractivity contribution in [3.05, 3.63) is 52.0 Å². The maximum absolute atomic E-state index is 14.0. The minimum atomic E-state index is -0.585. The van der Waals surface area contributed by atoms with Crippen LogP contribution in [0.1, 0.15) is 105 Å². The van der Waals surface area contributed by atoms with Gasteiger partial charge in [0.05, 0.1) is 5.41 Å². The predicted octanol–water partition coefficient (Wildman–Crippen LogP) is 9.75. The van der Waals surface area contributed by atoms with Crippen molar-refractivity contribution in [2.75, 3.05) is 0 Å². The van der Waals surface area contributed by atoms with Crippen LogP contribution in [0.3, 0.4) is 0 Å². The Hall–Kier alpha value is -1.68. The van der Waals surface area contributed by atoms with E-state index in [4.69, 9.17) is 0 Å². The van der Waals surface area contributed by atoms with Gasteiger partial charge >= 0.3 is 5.97 Å². The van der Waals surface area contributed by atoms with Gasteiger partial charge in [0.2, 0.25) is 0 Å². The average Bonchev–Trinajstić information content (AvgIpc) is 3.30. The van der Waals surface area contributed by atoms with E-state index < -0.39 is 16.8 Å². The molecule has 0 unspecified atom stereocenters. The van der Waals surface area contributed by atoms with Crippen LogP contribution in [0.25, 0.3) is 6.08 Å². The summed E-state index contributed by atoms with van der Waals surface area (Å²) in [6.45, 7) is 18.6. The third kappa shape index (κ3) is 3.87. The van der Waals surface area contributed by atoms with Gasteiger partial charge in [-0.15, -0.1) is 0 Å². The first-order valence-corrected chi connectivity index (χ1v) is 16.8. The number of halogens is 1. The molecule has 0 aliphatic heterocycles. The molecule has 5 aliphatic rings. The Kier molecular flexibility index (Phi) is 6.74. The second kappa shape index (κ2) is 9.41. The summed E-state index contributed by atoms with van der Waals surface area (Å²) < 4.78 is 1.05. The first-order valence-electron chi connectivity index (χ1n) is 16.0. The number of carboxylic acids is 1. The second-order valence-electron chi connectivity index (χ2n) is 16.1. The number of carbonyl (C=O) groups excluding carboxylic acids is 1. The fourth-order valence-corrected chi connectivity index (χ4v) is 12.5. The number of fused-ring (bicyclic) bond motifs is 7. The predicted molar refractivity (Wildman–Crippen MR) is 169 cm³/mol. The molecular weight excluding hydrogens is 572 g/mol. The molecule has 1 aromatic rings. The number of rotatable bonds is 3. The topological polar surface area (TPSA) is 54.4 Å². The Morgan fingerprint density at radius 1 is 0.927 bits per heavy atom. The minimum absolute atomic E-state index is 0.0321. The number of benzene rings is 1. The van der Waals surface area contributed by atoms with Gasteiger partial charge in [-0.1, -0.05) is 74.8 Å². The first-order chi connectivity index (χ1) is 19.1. The Morgan fingerprint density at radius 3 is 2.24 bits per heavy atom. The Balaban J connectivity index is 1.41. The molecule has 0 saturated heterocycles. The molecule has 0 bridgehead atoms. The summed E-state index contributed by atoms with van der Waals surface area (Å²) in [5, 5.41) is 10.6. The molecule has 41 heavy (non-hydrogen) atoms. The molecule has 0 aromatic heterocycles. The van der Waals surface area contributed by atoms with Gasteiger partial charge < -0.3 is 5.11 Å². The average molecular weight is 622 g/mol. The molecule has 1 aromatic carbocycles. The SMILES string of the molecule is C=C(C)[C@@H]1CC[C@]2(C(=O)O)CC[C@]3(C)[C@H](CC[C@@H]4[C@@]5(C)C/C(=C/c6ccc(Br)cc6)C(=O)C(C)(C)[C@@H]5CC[C@]43C)[C@@H]12. The summed E-state index contributed by atoms with van der Waals surface area (Å²) in [4.78, 5) is 27.0. The maximum atomic E-state index is 14.0. The van der Waals surface area contributed by atoms with E-state index in [0.717, 1.165) is 73.4 Å². The highest BCUT2D eigenvalue weighted by Gasteiger charge is 2.72. The highest BCUT2D eigenvalue weighted by molar-refractivity contribution is 9.10. The number of ketones is 1. The molecule has 222 valence electrons. The minimum Gasteiger partial charge on any atom is -0.481 e. The summed E-state index contributed by atoms with van der Waals surface area (Å²) in [5.74, 6) is 1.55. The lowest BCUT2D eigenvalue weighted by atomic mass is 9.32. The van der Waals surface area contributed by atoms with Gasteiger partial charge in [-0.2, -0.15) is 0 Å². The molecule has 6 rings (SSSR count). The molecule has 5 aliphatic carbocycles. The number of hydrogen-bond acceptors (Lipinski definition) is 2. The first kappa shape index (κ1) is 29.4. The van der Waals surface area contributed by atoms with Crippen LogP contribution >= 0.6 is 15.9 Å². The zero-order chi connectivity index (χ0) is 29.8. The van der Waals surface area contributed by atoms with Crippen molar-refractivity contribution < 1.29 is 14.7 Å². The molecular formula is C37H49BrO3. The number of hydrogen-bond donors (Lipinski definition) is 1. The van der Waals surface area contributed by atoms with Crippen LogP contribution in [0.2, 0.25) is 0 Å². The van der Waals surface area contributed by atoms with Gasteiger partial charge in [-0.05, 0) is 140 Å². The molecule has 1 N–H and O–H groups in total. The molecule has 0 radical (unpaired) electrons. The quantitative estimate of drug-likeness (QED) is 0.270. The van der Waals surface area contributed by atoms with Crippen LogP contribution < -0.4 is 0 Å². The van der Waals surface area contributed by atoms with Crippen molar-refractivity contribution in [1.29, 1.82) is 0 Å². The van der Waals surface area contributed by atoms with Crippen LogP contribution in [0.4, 0.5) is 0 Å². The van der Waals surface area contributed by atoms with E-state index >= 15 is 0 Å². The van der Waals surface area contributed by atoms with E-state index in [1.54, 1.807) is 0 Å². The zero-order valence-electron chi connectivity index (χ0n) is 26.0. The highest BCUT2D eigenvalue weighted by Crippen LogP contribution is 2.77. The lowest BCUT2D eigenvalue weighted by Crippen LogP contribution is -2.67. The zero-order valence-corrected chi connectivity index (χ0v) is 27.6. The van der Waals surface area contributed by atoms with Crippen LogP contribution in [-0.4, -0.2) is 16.9 Å². The van der Waals surface area contributed by atoms with Crippen molar-refractivity contribution in [2.24, 2.45) is 56.7 Å². The van der Waals surface area contributed by atoms with Gasteiger partial charge in [0.1, 0.15) is 0 Å². The molecule has 0 spiro atoms. The summed E-state index contributed by atoms with van der Waals surface area (Å²) >= 11 is 3.55. The largest absolute Gasteiger partial charge is 0.481 e. The van der Waals surface area contributed by atoms with Gasteiger partial charge in [0, 0.05) is 9.89 Å². The van der Waals surface area contributed by atoms with Crippen LogP contribution in [0, 0.1) is 56.7 Å². The summed E-state index contributed by atoms with van der Waals surface area (Å²) in [7, 11) is 0. The van der Waals surface area contributed by atoms with Crippen molar-refractivity contribution in [3.8, 4) is 0 Å². The lowest BCUT2D eigenvalue weighted by molar-refractivity contribution is -0.231. The number of aliphatic carboxylic acids is 1. The summed E-state index contributed by atoms with van der Waals surface area (Å²) in [6.07, 6.45) is 11.0. The normalized spacial score (nSPS) is 45.8. The number of carboxylic acid groups (broad SMARTS) is 1. The van der Waals surface area contributed by atoms with E-state index in [-0.39, 0.29) is 22.2 Å². The van der Waals surface area contributed by atoms with Crippen LogP contribution in [0.5, 0.6) is 0 Å². The van der Waals surface area contributed by atoms with Gasteiger partial charge in [0.25, 0.3) is 0 Å². The molecule has 4 heteroatoms. The highest BCUT2D eigenvalue weighted by atomic mass is 79.9. The van der Waals surface area contributed by atoms with Crippen molar-refractivity contribution >= 4 is 33.8 Å². The smallest absolute Gasteiger partial charge is 0.309 e. The van der Waals surface area contributed by atoms with E-state index in [1.165, 1.54) is 5.57 Å². The Labute approximate surface area is 255 Å². The number of carbonyl (C=O) groups is 2. The fourth-order valence-electron chi connectivity index (χ4n) is 12.3. The standard InChI is InChI=1S/C37H49BrO3/c1-22(2)26-14-17-37(32(40)41)19-18-35(6)27(30(26)37)12-13-29-34(5)21-24(20-23-8-10-25(38)11-9-23)31(39)33(3,4)28(34)15-16-36(29,35)7/h8-11,20,26-30H,1,12-19,21H2,2-7H3,(H,40,41)/b24-20-/t26-,27+,28-,29+,30+,34-,35+,36+,37-/m0/s1. The Bertz CT molecular complexity index is 1320. The third-order valence-corrected chi connectivity index (χ3v) is 14.8. The maximum Gasteiger partial charge on any atom is 0.309 e. The number of allylic oxidation sites excluding steroid dienone is 2. The van der Waals surface area contributed by atoms with Gasteiger partial charge in [-0.25, -0.2) is 0 Å². The van der Waals surface area contributed by atoms with Crippen molar-refractivity contribution in [2.45, 2.75) is 99.3 Å². The second-order valence-corrected chi connectivity index (χ2v) is 17.0. The van der Waals surface area contributed by atoms with Crippen molar-refractivity contribution in [3.63, 3.8) is 0 Å². The Morgan fingerprint density at radius 2 is 1.61 bits per heavy atom. The van der Waals surface area contributed by atoms with Crippen molar-refractivity contribution in [1.82, 2.24) is 0 Å². The molecule has 5 saturated carbocycles. The fraction of sp³-hybridized carbons (Fsp3) is 0.676. The number of Topliss-reactive ketones (excluding diaryl/α,β-unsaturated/α-hetero) is 1. The van der Waals surface area contributed by atoms with E-state index in [0.29, 0.717) is 29.5 Å². The molecule has 0 heterocycles. The monoisotopic (exact) mass is 620 g/mol. The molecule has 0 amide bonds. The molecule has 9 atom stereocenters. The van der Waals surface area contributed by atoms with Crippen LogP contribution in [-0.2, 0) is 9.59 Å². The van der Waals surface area contributed by atoms with Gasteiger partial charge in [0.15, 0.2) is 5.78 Å². The van der Waals surface area contributed by atoms with E-state index in [9.17, 15) is 14.7 Å². The van der Waals surface area contributed by atoms with E-state index in [2.05, 4.69) is 94.4 Å². The third-order valence-electron chi connectivity index (χ3n) is 14.3. The van der Waals surface area contributed by atoms with Crippen LogP contribution in [0.15, 0.2) is 46.5 Å². The van der Waals surface area contributed by atoms with E-state index in [1.807, 2.05) is 0 Å².